The van der Waals surface area contributed by atoms with Crippen molar-refractivity contribution in [3.8, 4) is 0 Å². The molecule has 2 heterocycles. The maximum Gasteiger partial charge on any atom is 0.251 e. The Hall–Kier alpha value is -2.32. The molecule has 2 aromatic rings. The smallest absolute Gasteiger partial charge is 0.251 e. The predicted octanol–water partition coefficient (Wildman–Crippen LogP) is 2.33. The van der Waals surface area contributed by atoms with Gasteiger partial charge in [0, 0.05) is 24.8 Å². The van der Waals surface area contributed by atoms with Crippen LogP contribution in [0, 0.1) is 5.82 Å². The topological polar surface area (TPSA) is 79.4 Å². The fraction of sp³-hybridized carbons (Fsp3) is 0.333. The Morgan fingerprint density at radius 1 is 1.15 bits per heavy atom. The van der Waals surface area contributed by atoms with Crippen molar-refractivity contribution in [2.75, 3.05) is 13.1 Å². The average Bonchev–Trinajstić information content (AvgIpc) is 2.68. The second-order valence-corrected chi connectivity index (χ2v) is 8.02. The zero-order chi connectivity index (χ0) is 18.6. The Morgan fingerprint density at radius 2 is 1.92 bits per heavy atom. The van der Waals surface area contributed by atoms with E-state index in [0.29, 0.717) is 18.8 Å². The summed E-state index contributed by atoms with van der Waals surface area (Å²) >= 11 is 0. The van der Waals surface area contributed by atoms with Crippen molar-refractivity contribution in [1.82, 2.24) is 14.6 Å². The zero-order valence-electron chi connectivity index (χ0n) is 14.2. The van der Waals surface area contributed by atoms with Crippen molar-refractivity contribution in [2.24, 2.45) is 0 Å². The van der Waals surface area contributed by atoms with Gasteiger partial charge in [-0.2, -0.15) is 4.31 Å². The maximum atomic E-state index is 14.2. The van der Waals surface area contributed by atoms with Crippen molar-refractivity contribution < 1.29 is 17.6 Å². The van der Waals surface area contributed by atoms with Crippen molar-refractivity contribution in [3.05, 3.63) is 59.7 Å². The Labute approximate surface area is 152 Å². The molecule has 6 nitrogen and oxygen atoms in total. The summed E-state index contributed by atoms with van der Waals surface area (Å²) in [6, 6.07) is 8.73. The van der Waals surface area contributed by atoms with Crippen LogP contribution in [0.1, 0.15) is 35.3 Å². The normalized spacial score (nSPS) is 15.6. The average molecular weight is 377 g/mol. The Morgan fingerprint density at radius 3 is 2.62 bits per heavy atom. The minimum absolute atomic E-state index is 0.0953. The van der Waals surface area contributed by atoms with Gasteiger partial charge in [0.05, 0.1) is 12.2 Å². The molecule has 138 valence electrons. The molecule has 1 saturated heterocycles. The largest absolute Gasteiger partial charge is 0.346 e. The molecule has 0 aliphatic carbocycles. The van der Waals surface area contributed by atoms with Crippen LogP contribution in [-0.2, 0) is 16.6 Å². The third kappa shape index (κ3) is 4.08. The first-order chi connectivity index (χ1) is 12.5. The number of aromatic nitrogens is 1. The molecule has 0 bridgehead atoms. The van der Waals surface area contributed by atoms with Crippen LogP contribution in [0.2, 0.25) is 0 Å². The van der Waals surface area contributed by atoms with Crippen LogP contribution >= 0.6 is 0 Å². The number of carbonyl (C=O) groups excluding carboxylic acids is 1. The lowest BCUT2D eigenvalue weighted by Gasteiger charge is -2.26. The Kier molecular flexibility index (Phi) is 5.63. The van der Waals surface area contributed by atoms with Crippen LogP contribution in [-0.4, -0.2) is 36.7 Å². The second-order valence-electron chi connectivity index (χ2n) is 6.11. The van der Waals surface area contributed by atoms with Gasteiger partial charge in [-0.1, -0.05) is 12.5 Å². The van der Waals surface area contributed by atoms with Gasteiger partial charge in [-0.25, -0.2) is 12.8 Å². The van der Waals surface area contributed by atoms with Crippen LogP contribution < -0.4 is 5.32 Å². The highest BCUT2D eigenvalue weighted by Crippen LogP contribution is 2.24. The van der Waals surface area contributed by atoms with Crippen molar-refractivity contribution in [1.29, 1.82) is 0 Å². The third-order valence-electron chi connectivity index (χ3n) is 4.28. The van der Waals surface area contributed by atoms with Gasteiger partial charge in [-0.15, -0.1) is 0 Å². The van der Waals surface area contributed by atoms with Gasteiger partial charge in [0.1, 0.15) is 10.7 Å². The molecule has 8 heteroatoms. The fourth-order valence-electron chi connectivity index (χ4n) is 2.86. The molecule has 0 saturated carbocycles. The summed E-state index contributed by atoms with van der Waals surface area (Å²) in [6.45, 7) is 0.945. The van der Waals surface area contributed by atoms with E-state index in [4.69, 9.17) is 0 Å². The number of hydrogen-bond acceptors (Lipinski definition) is 4. The quantitative estimate of drug-likeness (QED) is 0.867. The monoisotopic (exact) mass is 377 g/mol. The molecule has 0 spiro atoms. The number of piperidine rings is 1. The van der Waals surface area contributed by atoms with E-state index in [9.17, 15) is 17.6 Å². The summed E-state index contributed by atoms with van der Waals surface area (Å²) in [6.07, 6.45) is 4.09. The molecule has 3 rings (SSSR count). The SMILES string of the molecule is O=C(NCc1ccccn1)c1ccc(F)c(S(=O)(=O)N2CCCCC2)c1. The highest BCUT2D eigenvalue weighted by molar-refractivity contribution is 7.89. The van der Waals surface area contributed by atoms with Gasteiger partial charge in [0.15, 0.2) is 0 Å². The van der Waals surface area contributed by atoms with E-state index < -0.39 is 26.6 Å². The lowest BCUT2D eigenvalue weighted by Crippen LogP contribution is -2.36. The van der Waals surface area contributed by atoms with Crippen molar-refractivity contribution >= 4 is 15.9 Å². The lowest BCUT2D eigenvalue weighted by molar-refractivity contribution is 0.0950. The van der Waals surface area contributed by atoms with Gasteiger partial charge in [-0.3, -0.25) is 9.78 Å². The van der Waals surface area contributed by atoms with E-state index in [0.717, 1.165) is 31.4 Å². The van der Waals surface area contributed by atoms with Crippen LogP contribution in [0.25, 0.3) is 0 Å². The number of nitrogens with zero attached hydrogens (tertiary/aromatic N) is 2. The number of pyridine rings is 1. The molecular weight excluding hydrogens is 357 g/mol. The minimum atomic E-state index is -3.95. The molecule has 1 fully saturated rings. The summed E-state index contributed by atoms with van der Waals surface area (Å²) in [5.41, 5.74) is 0.766. The highest BCUT2D eigenvalue weighted by atomic mass is 32.2. The molecule has 1 aromatic heterocycles. The van der Waals surface area contributed by atoms with Crippen LogP contribution in [0.15, 0.2) is 47.5 Å². The van der Waals surface area contributed by atoms with E-state index in [1.54, 1.807) is 24.4 Å². The zero-order valence-corrected chi connectivity index (χ0v) is 15.0. The minimum Gasteiger partial charge on any atom is -0.346 e. The molecule has 0 unspecified atom stereocenters. The molecule has 1 aromatic carbocycles. The Balaban J connectivity index is 1.79. The summed E-state index contributed by atoms with van der Waals surface area (Å²) < 4.78 is 40.9. The van der Waals surface area contributed by atoms with E-state index in [2.05, 4.69) is 10.3 Å². The fourth-order valence-corrected chi connectivity index (χ4v) is 4.47. The van der Waals surface area contributed by atoms with E-state index >= 15 is 0 Å². The van der Waals surface area contributed by atoms with Crippen LogP contribution in [0.4, 0.5) is 4.39 Å². The van der Waals surface area contributed by atoms with E-state index in [1.807, 2.05) is 0 Å². The van der Waals surface area contributed by atoms with Crippen LogP contribution in [0.5, 0.6) is 0 Å². The third-order valence-corrected chi connectivity index (χ3v) is 6.20. The predicted molar refractivity (Wildman–Crippen MR) is 94.4 cm³/mol. The van der Waals surface area contributed by atoms with Gasteiger partial charge in [-0.05, 0) is 43.2 Å². The van der Waals surface area contributed by atoms with E-state index in [-0.39, 0.29) is 12.1 Å². The summed E-state index contributed by atoms with van der Waals surface area (Å²) in [5.74, 6) is -1.33. The number of sulfonamides is 1. The number of halogens is 1. The summed E-state index contributed by atoms with van der Waals surface area (Å²) in [7, 11) is -3.95. The van der Waals surface area contributed by atoms with Crippen molar-refractivity contribution in [3.63, 3.8) is 0 Å². The summed E-state index contributed by atoms with van der Waals surface area (Å²) in [5, 5.41) is 2.66. The first kappa shape index (κ1) is 18.5. The number of carbonyl (C=O) groups is 1. The van der Waals surface area contributed by atoms with Gasteiger partial charge in [0.2, 0.25) is 10.0 Å². The first-order valence-corrected chi connectivity index (χ1v) is 9.90. The molecular formula is C18H20FN3O3S. The molecule has 1 aliphatic rings. The molecule has 26 heavy (non-hydrogen) atoms. The summed E-state index contributed by atoms with van der Waals surface area (Å²) in [4.78, 5) is 16.0. The molecule has 1 amide bonds. The molecule has 1 N–H and O–H groups in total. The number of rotatable bonds is 5. The Bertz CT molecular complexity index is 882. The van der Waals surface area contributed by atoms with E-state index in [1.165, 1.54) is 10.4 Å². The van der Waals surface area contributed by atoms with Gasteiger partial charge < -0.3 is 5.32 Å². The highest BCUT2D eigenvalue weighted by Gasteiger charge is 2.29. The number of amides is 1. The first-order valence-electron chi connectivity index (χ1n) is 8.46. The van der Waals surface area contributed by atoms with Crippen LogP contribution in [0.3, 0.4) is 0 Å². The lowest BCUT2D eigenvalue weighted by atomic mass is 10.2. The number of benzene rings is 1. The molecule has 0 radical (unpaired) electrons. The number of hydrogen-bond donors (Lipinski definition) is 1. The maximum absolute atomic E-state index is 14.2. The second kappa shape index (κ2) is 7.92. The van der Waals surface area contributed by atoms with Gasteiger partial charge in [0.25, 0.3) is 5.91 Å². The standard InChI is InChI=1S/C18H20FN3O3S/c19-16-8-7-14(18(23)21-13-15-6-2-3-9-20-15)12-17(16)26(24,25)22-10-4-1-5-11-22/h2-3,6-9,12H,1,4-5,10-11,13H2,(H,21,23). The van der Waals surface area contributed by atoms with Crippen molar-refractivity contribution in [2.45, 2.75) is 30.7 Å². The van der Waals surface area contributed by atoms with Gasteiger partial charge >= 0.3 is 0 Å². The molecule has 0 atom stereocenters. The number of nitrogens with one attached hydrogen (secondary N) is 1. The molecule has 1 aliphatic heterocycles.